The molecule has 3 aliphatic heterocycles. The third-order valence-electron chi connectivity index (χ3n) is 9.34. The molecule has 0 aliphatic carbocycles. The molecule has 44 heavy (non-hydrogen) atoms. The van der Waals surface area contributed by atoms with Gasteiger partial charge in [0.2, 0.25) is 17.7 Å². The van der Waals surface area contributed by atoms with Crippen molar-refractivity contribution in [3.05, 3.63) is 88.9 Å². The number of aliphatic hydroxyl groups excluding tert-OH is 1. The molecule has 3 saturated heterocycles. The van der Waals surface area contributed by atoms with Crippen molar-refractivity contribution in [1.82, 2.24) is 4.90 Å². The highest BCUT2D eigenvalue weighted by atomic mass is 35.5. The summed E-state index contributed by atoms with van der Waals surface area (Å²) in [6.45, 7) is 5.67. The van der Waals surface area contributed by atoms with E-state index in [0.29, 0.717) is 47.2 Å². The fourth-order valence-electron chi connectivity index (χ4n) is 7.43. The van der Waals surface area contributed by atoms with Crippen molar-refractivity contribution in [1.29, 1.82) is 0 Å². The van der Waals surface area contributed by atoms with Crippen molar-refractivity contribution in [3.8, 4) is 5.75 Å². The van der Waals surface area contributed by atoms with Gasteiger partial charge in [0.1, 0.15) is 17.4 Å². The summed E-state index contributed by atoms with van der Waals surface area (Å²) < 4.78 is 12.3. The monoisotopic (exact) mass is 617 g/mol. The van der Waals surface area contributed by atoms with Crippen LogP contribution in [0.15, 0.2) is 72.8 Å². The lowest BCUT2D eigenvalue weighted by molar-refractivity contribution is -0.147. The molecule has 230 valence electrons. The topological polar surface area (TPSA) is 117 Å². The minimum absolute atomic E-state index is 0.361. The number of rotatable bonds is 9. The second-order valence-electron chi connectivity index (χ2n) is 11.9. The normalized spacial score (nSPS) is 27.6. The molecule has 0 aromatic heterocycles. The number of anilines is 2. The molecule has 3 fully saturated rings. The fraction of sp³-hybridized carbons (Fsp3) is 0.382. The summed E-state index contributed by atoms with van der Waals surface area (Å²) in [5, 5.41) is 17.0. The van der Waals surface area contributed by atoms with E-state index in [1.807, 2.05) is 57.2 Å². The first-order valence-electron chi connectivity index (χ1n) is 14.9. The molecule has 3 aromatic rings. The Kier molecular flexibility index (Phi) is 7.90. The molecule has 6 rings (SSSR count). The van der Waals surface area contributed by atoms with E-state index in [9.17, 15) is 19.5 Å². The molecule has 3 N–H and O–H groups in total. The number of nitrogens with one attached hydrogen (secondary N) is 2. The van der Waals surface area contributed by atoms with Crippen molar-refractivity contribution in [2.45, 2.75) is 56.9 Å². The van der Waals surface area contributed by atoms with E-state index in [1.54, 1.807) is 36.4 Å². The molecule has 3 heterocycles. The molecular weight excluding hydrogens is 582 g/mol. The predicted octanol–water partition coefficient (Wildman–Crippen LogP) is 5.12. The van der Waals surface area contributed by atoms with Crippen molar-refractivity contribution in [2.24, 2.45) is 11.8 Å². The first kappa shape index (κ1) is 30.1. The van der Waals surface area contributed by atoms with Gasteiger partial charge in [-0.15, -0.1) is 0 Å². The van der Waals surface area contributed by atoms with Gasteiger partial charge in [-0.2, -0.15) is 0 Å². The van der Waals surface area contributed by atoms with Gasteiger partial charge in [0, 0.05) is 5.69 Å². The standard InChI is InChI=1S/C34H36ClN3O6/c1-4-43-23-15-13-22(14-16-23)36-30(40)26-27-32(42)38(25(19-39)21-10-6-5-7-11-21)29(34(27)18-17-33(26,3)44-34)31(41)37-28-20(2)9-8-12-24(28)35/h5-16,25-27,29,39H,4,17-19H2,1-3H3,(H,36,40)(H,37,41)/t25-,26-,27+,29?,33+,34?/m1/s1. The average Bonchev–Trinajstić information content (AvgIpc) is 3.58. The molecule has 10 heteroatoms. The van der Waals surface area contributed by atoms with Crippen LogP contribution in [0.5, 0.6) is 5.75 Å². The molecule has 1 spiro atoms. The predicted molar refractivity (Wildman–Crippen MR) is 166 cm³/mol. The van der Waals surface area contributed by atoms with E-state index in [0.717, 1.165) is 5.56 Å². The second-order valence-corrected chi connectivity index (χ2v) is 12.4. The molecule has 0 radical (unpaired) electrons. The maximum atomic E-state index is 14.6. The Morgan fingerprint density at radius 3 is 2.43 bits per heavy atom. The summed E-state index contributed by atoms with van der Waals surface area (Å²) >= 11 is 6.48. The number of ether oxygens (including phenoxy) is 2. The number of carbonyl (C=O) groups excluding carboxylic acids is 3. The van der Waals surface area contributed by atoms with Crippen LogP contribution >= 0.6 is 11.6 Å². The van der Waals surface area contributed by atoms with Crippen LogP contribution in [0, 0.1) is 18.8 Å². The fourth-order valence-corrected chi connectivity index (χ4v) is 7.70. The van der Waals surface area contributed by atoms with Crippen molar-refractivity contribution in [2.75, 3.05) is 23.8 Å². The van der Waals surface area contributed by atoms with Gasteiger partial charge in [-0.05, 0) is 75.1 Å². The Morgan fingerprint density at radius 2 is 1.77 bits per heavy atom. The summed E-state index contributed by atoms with van der Waals surface area (Å²) in [7, 11) is 0. The first-order chi connectivity index (χ1) is 21.1. The lowest BCUT2D eigenvalue weighted by Crippen LogP contribution is -2.54. The third-order valence-corrected chi connectivity index (χ3v) is 9.66. The molecule has 9 nitrogen and oxygen atoms in total. The summed E-state index contributed by atoms with van der Waals surface area (Å²) in [4.78, 5) is 44.4. The summed E-state index contributed by atoms with van der Waals surface area (Å²) in [5.74, 6) is -2.38. The second kappa shape index (κ2) is 11.5. The minimum Gasteiger partial charge on any atom is -0.494 e. The Labute approximate surface area is 261 Å². The SMILES string of the molecule is CCOc1ccc(NC(=O)[C@H]2[C@H]3C(=O)N([C@H](CO)c4ccccc4)C(C(=O)Nc4c(C)cccc4Cl)C34CC[C@]2(C)O4)cc1. The zero-order valence-corrected chi connectivity index (χ0v) is 25.6. The van der Waals surface area contributed by atoms with Crippen LogP contribution < -0.4 is 15.4 Å². The van der Waals surface area contributed by atoms with Gasteiger partial charge in [0.25, 0.3) is 0 Å². The van der Waals surface area contributed by atoms with Gasteiger partial charge in [-0.25, -0.2) is 0 Å². The average molecular weight is 618 g/mol. The highest BCUT2D eigenvalue weighted by molar-refractivity contribution is 6.34. The smallest absolute Gasteiger partial charge is 0.250 e. The van der Waals surface area contributed by atoms with Gasteiger partial charge in [0.05, 0.1) is 47.4 Å². The number of likely N-dealkylation sites (tertiary alicyclic amines) is 1. The van der Waals surface area contributed by atoms with Gasteiger partial charge in [-0.3, -0.25) is 14.4 Å². The van der Waals surface area contributed by atoms with Crippen LogP contribution in [0.3, 0.4) is 0 Å². The number of para-hydroxylation sites is 1. The highest BCUT2D eigenvalue weighted by Gasteiger charge is 2.78. The zero-order valence-electron chi connectivity index (χ0n) is 24.9. The maximum absolute atomic E-state index is 14.6. The van der Waals surface area contributed by atoms with Gasteiger partial charge in [0.15, 0.2) is 0 Å². The van der Waals surface area contributed by atoms with E-state index in [4.69, 9.17) is 21.1 Å². The number of benzene rings is 3. The largest absolute Gasteiger partial charge is 0.494 e. The Balaban J connectivity index is 1.40. The van der Waals surface area contributed by atoms with E-state index < -0.39 is 53.5 Å². The van der Waals surface area contributed by atoms with Crippen LogP contribution in [0.2, 0.25) is 5.02 Å². The maximum Gasteiger partial charge on any atom is 0.250 e. The lowest BCUT2D eigenvalue weighted by Gasteiger charge is -2.37. The summed E-state index contributed by atoms with van der Waals surface area (Å²) in [6, 6.07) is 19.5. The quantitative estimate of drug-likeness (QED) is 0.307. The number of hydrogen-bond donors (Lipinski definition) is 3. The Bertz CT molecular complexity index is 1560. The van der Waals surface area contributed by atoms with Gasteiger partial charge in [-0.1, -0.05) is 54.1 Å². The van der Waals surface area contributed by atoms with Crippen LogP contribution in [0.1, 0.15) is 43.9 Å². The van der Waals surface area contributed by atoms with E-state index in [1.165, 1.54) is 4.90 Å². The molecule has 2 unspecified atom stereocenters. The van der Waals surface area contributed by atoms with E-state index >= 15 is 0 Å². The molecule has 3 aromatic carbocycles. The number of aliphatic hydroxyl groups is 1. The number of amides is 3. The summed E-state index contributed by atoms with van der Waals surface area (Å²) in [5.41, 5.74) is 0.171. The van der Waals surface area contributed by atoms with Crippen LogP contribution in [-0.4, -0.2) is 58.2 Å². The van der Waals surface area contributed by atoms with Crippen molar-refractivity contribution < 1.29 is 29.0 Å². The number of fused-ring (bicyclic) bond motifs is 1. The first-order valence-corrected chi connectivity index (χ1v) is 15.3. The number of carbonyl (C=O) groups is 3. The van der Waals surface area contributed by atoms with Crippen molar-refractivity contribution in [3.63, 3.8) is 0 Å². The molecule has 0 saturated carbocycles. The zero-order chi connectivity index (χ0) is 31.2. The molecule has 3 amide bonds. The van der Waals surface area contributed by atoms with E-state index in [2.05, 4.69) is 10.6 Å². The molecular formula is C34H36ClN3O6. The molecule has 6 atom stereocenters. The lowest BCUT2D eigenvalue weighted by atomic mass is 9.66. The van der Waals surface area contributed by atoms with Gasteiger partial charge < -0.3 is 30.1 Å². The van der Waals surface area contributed by atoms with E-state index in [-0.39, 0.29) is 5.91 Å². The molecule has 2 bridgehead atoms. The number of nitrogens with zero attached hydrogens (tertiary/aromatic N) is 1. The van der Waals surface area contributed by atoms with Crippen LogP contribution in [0.25, 0.3) is 0 Å². The van der Waals surface area contributed by atoms with Crippen molar-refractivity contribution >= 4 is 40.7 Å². The minimum atomic E-state index is -1.28. The highest BCUT2D eigenvalue weighted by Crippen LogP contribution is 2.64. The Morgan fingerprint density at radius 1 is 1.05 bits per heavy atom. The van der Waals surface area contributed by atoms with Crippen LogP contribution in [0.4, 0.5) is 11.4 Å². The number of hydrogen-bond acceptors (Lipinski definition) is 6. The Hall–Kier alpha value is -3.92. The molecule has 3 aliphatic rings. The van der Waals surface area contributed by atoms with Crippen LogP contribution in [-0.2, 0) is 19.1 Å². The number of halogens is 1. The third kappa shape index (κ3) is 4.83. The number of aryl methyl sites for hydroxylation is 1. The summed E-state index contributed by atoms with van der Waals surface area (Å²) in [6.07, 6.45) is 0.881. The van der Waals surface area contributed by atoms with Gasteiger partial charge >= 0.3 is 0 Å².